The highest BCUT2D eigenvalue weighted by Gasteiger charge is 2.06. The predicted octanol–water partition coefficient (Wildman–Crippen LogP) is 3.00. The fourth-order valence-corrected chi connectivity index (χ4v) is 1.29. The van der Waals surface area contributed by atoms with Crippen LogP contribution in [0.15, 0.2) is 10.7 Å². The number of aromatic nitrogens is 2. The molecular weight excluding hydrogens is 252 g/mol. The molecule has 0 bridgehead atoms. The van der Waals surface area contributed by atoms with Gasteiger partial charge in [-0.1, -0.05) is 12.2 Å². The van der Waals surface area contributed by atoms with Crippen molar-refractivity contribution >= 4 is 28.1 Å². The van der Waals surface area contributed by atoms with Crippen molar-refractivity contribution in [3.63, 3.8) is 0 Å². The summed E-state index contributed by atoms with van der Waals surface area (Å²) in [5.74, 6) is 0.759. The fraction of sp³-hybridized carbons (Fsp3) is 0.500. The Morgan fingerprint density at radius 1 is 1.77 bits per heavy atom. The van der Waals surface area contributed by atoms with Crippen LogP contribution >= 0.6 is 28.1 Å². The number of ether oxygens (including phenoxy) is 1. The summed E-state index contributed by atoms with van der Waals surface area (Å²) < 4.78 is 6.82. The topological polar surface area (TPSA) is 37.9 Å². The Hall–Kier alpha value is -0.260. The first-order chi connectivity index (χ1) is 6.15. The Labute approximate surface area is 90.7 Å². The van der Waals surface area contributed by atoms with Gasteiger partial charge in [0.1, 0.15) is 16.6 Å². The van der Waals surface area contributed by atoms with E-state index in [1.165, 1.54) is 0 Å². The van der Waals surface area contributed by atoms with Gasteiger partial charge in [-0.3, -0.25) is 0 Å². The monoisotopic (exact) mass is 262 g/mol. The van der Waals surface area contributed by atoms with Crippen molar-refractivity contribution < 1.29 is 4.74 Å². The molecule has 1 unspecified atom stereocenters. The Bertz CT molecular complexity index is 339. The van der Waals surface area contributed by atoms with Gasteiger partial charge in [-0.25, -0.2) is 4.98 Å². The summed E-state index contributed by atoms with van der Waals surface area (Å²) >= 11 is 8.32. The molecule has 0 saturated heterocycles. The highest BCUT2D eigenvalue weighted by atomic mass is 79.9. The van der Waals surface area contributed by atoms with Gasteiger partial charge in [0.15, 0.2) is 0 Å². The Morgan fingerprint density at radius 3 is 3.00 bits per heavy atom. The number of hydrogen-bond donors (Lipinski definition) is 1. The minimum atomic E-state index is -0.0419. The highest BCUT2D eigenvalue weighted by Crippen LogP contribution is 2.14. The molecule has 1 rings (SSSR count). The molecule has 72 valence electrons. The van der Waals surface area contributed by atoms with Gasteiger partial charge in [0.25, 0.3) is 0 Å². The zero-order valence-corrected chi connectivity index (χ0v) is 9.91. The number of nitrogens with one attached hydrogen (secondary N) is 1. The molecule has 1 heterocycles. The van der Waals surface area contributed by atoms with Gasteiger partial charge in [-0.15, -0.1) is 0 Å². The maximum absolute atomic E-state index is 5.37. The van der Waals surface area contributed by atoms with E-state index in [0.717, 1.165) is 10.3 Å². The normalized spacial score (nSPS) is 12.8. The lowest BCUT2D eigenvalue weighted by Gasteiger charge is -2.10. The molecule has 1 aromatic heterocycles. The Kier molecular flexibility index (Phi) is 4.02. The summed E-state index contributed by atoms with van der Waals surface area (Å²) in [7, 11) is 0. The van der Waals surface area contributed by atoms with E-state index in [2.05, 4.69) is 25.9 Å². The average molecular weight is 263 g/mol. The van der Waals surface area contributed by atoms with Crippen LogP contribution in [0.5, 0.6) is 0 Å². The zero-order valence-electron chi connectivity index (χ0n) is 7.50. The van der Waals surface area contributed by atoms with Gasteiger partial charge in [-0.05, 0) is 29.8 Å². The smallest absolute Gasteiger partial charge is 0.136 e. The largest absolute Gasteiger partial charge is 0.371 e. The van der Waals surface area contributed by atoms with Crippen molar-refractivity contribution in [1.29, 1.82) is 0 Å². The lowest BCUT2D eigenvalue weighted by Crippen LogP contribution is -2.04. The number of nitrogens with zero attached hydrogens (tertiary/aromatic N) is 1. The molecule has 5 heteroatoms. The maximum Gasteiger partial charge on any atom is 0.136 e. The van der Waals surface area contributed by atoms with E-state index in [-0.39, 0.29) is 6.10 Å². The van der Waals surface area contributed by atoms with Crippen molar-refractivity contribution in [3.8, 4) is 0 Å². The van der Waals surface area contributed by atoms with Crippen LogP contribution in [-0.2, 0) is 4.74 Å². The van der Waals surface area contributed by atoms with Gasteiger partial charge in [0.2, 0.25) is 0 Å². The molecule has 1 atom stereocenters. The van der Waals surface area contributed by atoms with Crippen LogP contribution in [0.2, 0.25) is 0 Å². The van der Waals surface area contributed by atoms with E-state index in [9.17, 15) is 0 Å². The van der Waals surface area contributed by atoms with E-state index >= 15 is 0 Å². The molecule has 3 nitrogen and oxygen atoms in total. The van der Waals surface area contributed by atoms with Gasteiger partial charge >= 0.3 is 0 Å². The summed E-state index contributed by atoms with van der Waals surface area (Å²) in [5, 5.41) is 0. The van der Waals surface area contributed by atoms with Crippen LogP contribution < -0.4 is 0 Å². The Morgan fingerprint density at radius 2 is 2.46 bits per heavy atom. The van der Waals surface area contributed by atoms with Crippen molar-refractivity contribution in [2.24, 2.45) is 0 Å². The number of halogens is 1. The summed E-state index contributed by atoms with van der Waals surface area (Å²) in [5.41, 5.74) is 0. The average Bonchev–Trinajstić information content (AvgIpc) is 2.10. The molecule has 0 fully saturated rings. The first-order valence-corrected chi connectivity index (χ1v) is 5.21. The highest BCUT2D eigenvalue weighted by molar-refractivity contribution is 9.10. The molecule has 0 spiro atoms. The van der Waals surface area contributed by atoms with E-state index in [1.807, 2.05) is 13.8 Å². The minimum Gasteiger partial charge on any atom is -0.371 e. The van der Waals surface area contributed by atoms with Gasteiger partial charge < -0.3 is 9.72 Å². The molecule has 13 heavy (non-hydrogen) atoms. The molecule has 0 aliphatic carbocycles. The number of rotatable bonds is 3. The first kappa shape index (κ1) is 10.8. The summed E-state index contributed by atoms with van der Waals surface area (Å²) in [6, 6.07) is 0. The molecule has 1 N–H and O–H groups in total. The quantitative estimate of drug-likeness (QED) is 0.852. The summed E-state index contributed by atoms with van der Waals surface area (Å²) in [4.78, 5) is 7.16. The molecule has 0 amide bonds. The molecule has 0 saturated carbocycles. The van der Waals surface area contributed by atoms with Gasteiger partial charge in [-0.2, -0.15) is 0 Å². The van der Waals surface area contributed by atoms with Gasteiger partial charge in [0, 0.05) is 12.8 Å². The van der Waals surface area contributed by atoms with E-state index in [4.69, 9.17) is 17.0 Å². The molecule has 0 aromatic carbocycles. The summed E-state index contributed by atoms with van der Waals surface area (Å²) in [6.45, 7) is 4.55. The van der Waals surface area contributed by atoms with Crippen LogP contribution in [-0.4, -0.2) is 16.6 Å². The van der Waals surface area contributed by atoms with Crippen molar-refractivity contribution in [3.05, 3.63) is 21.1 Å². The molecular formula is C8H11BrN2OS. The molecule has 1 aromatic rings. The molecule has 0 aliphatic heterocycles. The SMILES string of the molecule is CCOC(C)c1ncc(Br)c(=S)[nH]1. The Balaban J connectivity index is 2.90. The third-order valence-electron chi connectivity index (χ3n) is 1.58. The van der Waals surface area contributed by atoms with Crippen LogP contribution in [0.4, 0.5) is 0 Å². The second kappa shape index (κ2) is 4.83. The van der Waals surface area contributed by atoms with Crippen LogP contribution in [0, 0.1) is 4.64 Å². The summed E-state index contributed by atoms with van der Waals surface area (Å²) in [6.07, 6.45) is 1.64. The van der Waals surface area contributed by atoms with E-state index in [1.54, 1.807) is 6.20 Å². The number of aromatic amines is 1. The lowest BCUT2D eigenvalue weighted by molar-refractivity contribution is 0.0699. The second-order valence-corrected chi connectivity index (χ2v) is 3.81. The molecule has 0 aliphatic rings. The van der Waals surface area contributed by atoms with E-state index in [0.29, 0.717) is 11.2 Å². The third kappa shape index (κ3) is 2.86. The van der Waals surface area contributed by atoms with Crippen molar-refractivity contribution in [2.45, 2.75) is 20.0 Å². The van der Waals surface area contributed by atoms with Crippen molar-refractivity contribution in [2.75, 3.05) is 6.61 Å². The van der Waals surface area contributed by atoms with Crippen molar-refractivity contribution in [1.82, 2.24) is 9.97 Å². The first-order valence-electron chi connectivity index (χ1n) is 4.01. The van der Waals surface area contributed by atoms with Crippen LogP contribution in [0.25, 0.3) is 0 Å². The predicted molar refractivity (Wildman–Crippen MR) is 57.2 cm³/mol. The third-order valence-corrected chi connectivity index (χ3v) is 2.76. The molecule has 0 radical (unpaired) electrons. The zero-order chi connectivity index (χ0) is 9.84. The fourth-order valence-electron chi connectivity index (χ4n) is 0.929. The van der Waals surface area contributed by atoms with E-state index < -0.39 is 0 Å². The van der Waals surface area contributed by atoms with Crippen LogP contribution in [0.1, 0.15) is 25.8 Å². The number of hydrogen-bond acceptors (Lipinski definition) is 3. The van der Waals surface area contributed by atoms with Gasteiger partial charge in [0.05, 0.1) is 4.47 Å². The maximum atomic E-state index is 5.37. The standard InChI is InChI=1S/C8H11BrN2OS/c1-3-12-5(2)7-10-4-6(9)8(13)11-7/h4-5H,3H2,1-2H3,(H,10,11,13). The minimum absolute atomic E-state index is 0.0419. The van der Waals surface area contributed by atoms with Crippen LogP contribution in [0.3, 0.4) is 0 Å². The second-order valence-electron chi connectivity index (χ2n) is 2.54. The lowest BCUT2D eigenvalue weighted by atomic mass is 10.4. The number of H-pyrrole nitrogens is 1.